The van der Waals surface area contributed by atoms with Gasteiger partial charge in [-0.25, -0.2) is 9.78 Å². The highest BCUT2D eigenvalue weighted by Gasteiger charge is 2.37. The van der Waals surface area contributed by atoms with E-state index >= 15 is 0 Å². The molecule has 0 aliphatic carbocycles. The number of nitrogens with zero attached hydrogens (tertiary/aromatic N) is 3. The number of fused-ring (bicyclic) bond motifs is 3. The number of methoxy groups -OCH3 is 1. The number of carbonyl (C=O) groups is 2. The number of aryl methyl sites for hydroxylation is 1. The second kappa shape index (κ2) is 11.6. The van der Waals surface area contributed by atoms with Crippen molar-refractivity contribution in [2.45, 2.75) is 51.2 Å². The van der Waals surface area contributed by atoms with Gasteiger partial charge in [-0.3, -0.25) is 4.79 Å². The van der Waals surface area contributed by atoms with E-state index in [1.54, 1.807) is 0 Å². The number of hydrogen-bond donors (Lipinski definition) is 3. The molecule has 5 aromatic rings. The number of imidazole rings is 1. The molecule has 4 N–H and O–H groups in total. The summed E-state index contributed by atoms with van der Waals surface area (Å²) < 4.78 is 7.18. The summed E-state index contributed by atoms with van der Waals surface area (Å²) in [7, 11) is 1.29. The molecular weight excluding hydrogens is 528 g/mol. The molecule has 6 rings (SSSR count). The average molecular weight is 565 g/mol. The molecule has 2 aromatic heterocycles. The van der Waals surface area contributed by atoms with E-state index in [-0.39, 0.29) is 11.9 Å². The number of hydrogen-bond acceptors (Lipinski definition) is 5. The van der Waals surface area contributed by atoms with Crippen molar-refractivity contribution >= 4 is 39.5 Å². The molecule has 0 unspecified atom stereocenters. The average Bonchev–Trinajstić information content (AvgIpc) is 3.76. The Morgan fingerprint density at radius 3 is 2.62 bits per heavy atom. The monoisotopic (exact) mass is 564 g/mol. The van der Waals surface area contributed by atoms with E-state index in [0.717, 1.165) is 66.0 Å². The van der Waals surface area contributed by atoms with Gasteiger partial charge in [-0.2, -0.15) is 0 Å². The Bertz CT molecular complexity index is 1740. The summed E-state index contributed by atoms with van der Waals surface area (Å²) in [6.45, 7) is 3.70. The summed E-state index contributed by atoms with van der Waals surface area (Å²) >= 11 is 0. The first-order valence-corrected chi connectivity index (χ1v) is 14.5. The number of nitrogens with two attached hydrogens (primary N) is 1. The Hall–Kier alpha value is -4.79. The quantitative estimate of drug-likeness (QED) is 0.190. The van der Waals surface area contributed by atoms with E-state index in [2.05, 4.69) is 52.1 Å². The molecule has 9 heteroatoms. The third-order valence-corrected chi connectivity index (χ3v) is 8.21. The van der Waals surface area contributed by atoms with Crippen molar-refractivity contribution in [1.29, 1.82) is 0 Å². The lowest BCUT2D eigenvalue weighted by atomic mass is 10.1. The van der Waals surface area contributed by atoms with Crippen molar-refractivity contribution in [3.63, 3.8) is 0 Å². The lowest BCUT2D eigenvalue weighted by molar-refractivity contribution is -0.134. The van der Waals surface area contributed by atoms with E-state index in [0.29, 0.717) is 12.1 Å². The number of amides is 2. The zero-order valence-electron chi connectivity index (χ0n) is 24.0. The fourth-order valence-corrected chi connectivity index (χ4v) is 6.08. The number of aromatic amines is 1. The number of nitrogen functional groups attached to an aromatic ring is 1. The van der Waals surface area contributed by atoms with Gasteiger partial charge < -0.3 is 30.2 Å². The van der Waals surface area contributed by atoms with E-state index in [4.69, 9.17) is 15.5 Å². The number of likely N-dealkylation sites (tertiary alicyclic amines) is 1. The molecule has 1 fully saturated rings. The number of rotatable bonds is 8. The minimum Gasteiger partial charge on any atom is -0.453 e. The number of unbranched alkanes of at least 4 members (excludes halogenated alkanes) is 1. The summed E-state index contributed by atoms with van der Waals surface area (Å²) in [4.78, 5) is 36.0. The van der Waals surface area contributed by atoms with Crippen LogP contribution in [0.2, 0.25) is 0 Å². The van der Waals surface area contributed by atoms with Gasteiger partial charge in [-0.15, -0.1) is 0 Å². The number of anilines is 1. The number of aromatic nitrogens is 3. The summed E-state index contributed by atoms with van der Waals surface area (Å²) in [5.41, 5.74) is 11.9. The van der Waals surface area contributed by atoms with Crippen LogP contribution in [0.25, 0.3) is 33.1 Å². The highest BCUT2D eigenvalue weighted by atomic mass is 16.5. The molecule has 1 aliphatic heterocycles. The van der Waals surface area contributed by atoms with Crippen LogP contribution < -0.4 is 11.1 Å². The third-order valence-electron chi connectivity index (χ3n) is 8.21. The second-order valence-corrected chi connectivity index (χ2v) is 10.9. The maximum Gasteiger partial charge on any atom is 0.407 e. The molecule has 216 valence electrons. The van der Waals surface area contributed by atoms with Crippen molar-refractivity contribution in [2.75, 3.05) is 19.4 Å². The molecule has 9 nitrogen and oxygen atoms in total. The molecule has 1 saturated heterocycles. The molecule has 0 radical (unpaired) electrons. The van der Waals surface area contributed by atoms with E-state index in [9.17, 15) is 9.59 Å². The van der Waals surface area contributed by atoms with Crippen LogP contribution >= 0.6 is 0 Å². The van der Waals surface area contributed by atoms with Crippen LogP contribution in [0, 0.1) is 0 Å². The molecule has 3 heterocycles. The van der Waals surface area contributed by atoms with Crippen molar-refractivity contribution in [2.24, 2.45) is 0 Å². The minimum atomic E-state index is -0.852. The molecule has 1 aliphatic rings. The SMILES string of the molecule is CCCCn1c2cc(N)ccc2c2ccc(-c3cnc([C@@H]4CCCN4C(=O)[C@H](NC(=O)OC)c4ccccc4)[nH]3)cc21. The van der Waals surface area contributed by atoms with E-state index < -0.39 is 12.1 Å². The Kier molecular flexibility index (Phi) is 7.56. The maximum atomic E-state index is 13.8. The number of ether oxygens (including phenoxy) is 1. The van der Waals surface area contributed by atoms with Gasteiger partial charge >= 0.3 is 6.09 Å². The predicted octanol–water partition coefficient (Wildman–Crippen LogP) is 6.33. The molecule has 0 saturated carbocycles. The fourth-order valence-electron chi connectivity index (χ4n) is 6.08. The number of benzene rings is 3. The van der Waals surface area contributed by atoms with Gasteiger partial charge in [0.2, 0.25) is 0 Å². The molecule has 0 spiro atoms. The normalized spacial score (nSPS) is 15.8. The lowest BCUT2D eigenvalue weighted by Crippen LogP contribution is -2.42. The van der Waals surface area contributed by atoms with Gasteiger partial charge in [0.05, 0.1) is 30.6 Å². The topological polar surface area (TPSA) is 118 Å². The van der Waals surface area contributed by atoms with Gasteiger partial charge in [0, 0.05) is 40.6 Å². The Morgan fingerprint density at radius 1 is 1.10 bits per heavy atom. The summed E-state index contributed by atoms with van der Waals surface area (Å²) in [5.74, 6) is 0.549. The van der Waals surface area contributed by atoms with Crippen LogP contribution in [0.1, 0.15) is 56.1 Å². The molecule has 2 amide bonds. The molecule has 0 bridgehead atoms. The second-order valence-electron chi connectivity index (χ2n) is 10.9. The fraction of sp³-hybridized carbons (Fsp3) is 0.303. The molecule has 3 aromatic carbocycles. The number of nitrogens with one attached hydrogen (secondary N) is 2. The smallest absolute Gasteiger partial charge is 0.407 e. The first-order chi connectivity index (χ1) is 20.5. The van der Waals surface area contributed by atoms with Gasteiger partial charge in [0.1, 0.15) is 11.9 Å². The van der Waals surface area contributed by atoms with Crippen LogP contribution in [0.15, 0.2) is 72.9 Å². The minimum absolute atomic E-state index is 0.187. The molecule has 2 atom stereocenters. The first-order valence-electron chi connectivity index (χ1n) is 14.5. The van der Waals surface area contributed by atoms with Crippen LogP contribution in [0.3, 0.4) is 0 Å². The van der Waals surface area contributed by atoms with Gasteiger partial charge in [0.25, 0.3) is 5.91 Å². The van der Waals surface area contributed by atoms with Crippen LogP contribution in [0.5, 0.6) is 0 Å². The van der Waals surface area contributed by atoms with E-state index in [1.807, 2.05) is 47.5 Å². The van der Waals surface area contributed by atoms with E-state index in [1.165, 1.54) is 17.9 Å². The number of alkyl carbamates (subject to hydrolysis) is 1. The molecular formula is C33H36N6O3. The maximum absolute atomic E-state index is 13.8. The summed E-state index contributed by atoms with van der Waals surface area (Å²) in [6.07, 6.45) is 5.00. The zero-order chi connectivity index (χ0) is 29.2. The van der Waals surface area contributed by atoms with Crippen LogP contribution in [0.4, 0.5) is 10.5 Å². The van der Waals surface area contributed by atoms with Crippen molar-refractivity contribution in [3.8, 4) is 11.3 Å². The van der Waals surface area contributed by atoms with Gasteiger partial charge in [-0.1, -0.05) is 61.9 Å². The third kappa shape index (κ3) is 5.06. The number of carbonyl (C=O) groups excluding carboxylic acids is 2. The largest absolute Gasteiger partial charge is 0.453 e. The highest BCUT2D eigenvalue weighted by Crippen LogP contribution is 2.36. The van der Waals surface area contributed by atoms with Crippen LogP contribution in [-0.2, 0) is 16.1 Å². The molecule has 42 heavy (non-hydrogen) atoms. The Labute approximate surface area is 244 Å². The first kappa shape index (κ1) is 27.4. The van der Waals surface area contributed by atoms with Crippen molar-refractivity contribution in [3.05, 3.63) is 84.3 Å². The van der Waals surface area contributed by atoms with Crippen molar-refractivity contribution < 1.29 is 14.3 Å². The predicted molar refractivity (Wildman–Crippen MR) is 165 cm³/mol. The standard InChI is InChI=1S/C33H36N6O3/c1-3-4-16-38-28-18-22(12-14-24(28)25-15-13-23(34)19-29(25)38)26-20-35-31(36-26)27-11-8-17-39(27)32(40)30(37-33(41)42-2)21-9-6-5-7-10-21/h5-7,9-10,12-15,18-20,27,30H,3-4,8,11,16-17,34H2,1-2H3,(H,35,36)(H,37,41)/t27-,30+/m0/s1. The van der Waals surface area contributed by atoms with Gasteiger partial charge in [-0.05, 0) is 43.0 Å². The Balaban J connectivity index is 1.31. The Morgan fingerprint density at radius 2 is 1.86 bits per heavy atom. The van der Waals surface area contributed by atoms with Crippen molar-refractivity contribution in [1.82, 2.24) is 24.8 Å². The van der Waals surface area contributed by atoms with Gasteiger partial charge in [0.15, 0.2) is 0 Å². The highest BCUT2D eigenvalue weighted by molar-refractivity contribution is 6.09. The lowest BCUT2D eigenvalue weighted by Gasteiger charge is -2.28. The number of H-pyrrole nitrogens is 1. The summed E-state index contributed by atoms with van der Waals surface area (Å²) in [6, 6.07) is 20.8. The summed E-state index contributed by atoms with van der Waals surface area (Å²) in [5, 5.41) is 5.11. The zero-order valence-corrected chi connectivity index (χ0v) is 24.0. The van der Waals surface area contributed by atoms with Crippen LogP contribution in [-0.4, -0.2) is 45.1 Å².